The standard InChI is InChI=1S/C11H15ClN2O3/c1-2-11(6-15,7-16)14-10(17)8-3-4-13-9(12)5-8/h3-5,15-16H,2,6-7H2,1H3,(H,14,17). The van der Waals surface area contributed by atoms with E-state index in [4.69, 9.17) is 11.6 Å². The second-order valence-electron chi connectivity index (χ2n) is 3.77. The normalized spacial score (nSPS) is 11.3. The second kappa shape index (κ2) is 5.95. The minimum atomic E-state index is -1.01. The van der Waals surface area contributed by atoms with Crippen LogP contribution in [0, 0.1) is 0 Å². The Morgan fingerprint density at radius 2 is 2.18 bits per heavy atom. The number of hydrogen-bond acceptors (Lipinski definition) is 4. The van der Waals surface area contributed by atoms with Crippen LogP contribution in [-0.4, -0.2) is 39.9 Å². The van der Waals surface area contributed by atoms with Gasteiger partial charge in [-0.3, -0.25) is 4.79 Å². The fourth-order valence-corrected chi connectivity index (χ4v) is 1.47. The third kappa shape index (κ3) is 3.39. The summed E-state index contributed by atoms with van der Waals surface area (Å²) in [5, 5.41) is 21.2. The summed E-state index contributed by atoms with van der Waals surface area (Å²) in [6.45, 7) is 1.11. The van der Waals surface area contributed by atoms with Gasteiger partial charge in [-0.1, -0.05) is 18.5 Å². The van der Waals surface area contributed by atoms with Crippen LogP contribution < -0.4 is 5.32 Å². The molecule has 0 bridgehead atoms. The van der Waals surface area contributed by atoms with Gasteiger partial charge < -0.3 is 15.5 Å². The maximum atomic E-state index is 11.9. The Morgan fingerprint density at radius 3 is 2.65 bits per heavy atom. The van der Waals surface area contributed by atoms with Gasteiger partial charge in [-0.2, -0.15) is 0 Å². The number of nitrogens with zero attached hydrogens (tertiary/aromatic N) is 1. The van der Waals surface area contributed by atoms with Gasteiger partial charge in [0, 0.05) is 11.8 Å². The summed E-state index contributed by atoms with van der Waals surface area (Å²) in [6, 6.07) is 2.93. The maximum Gasteiger partial charge on any atom is 0.252 e. The first kappa shape index (κ1) is 13.9. The van der Waals surface area contributed by atoms with Crippen LogP contribution >= 0.6 is 11.6 Å². The molecular weight excluding hydrogens is 244 g/mol. The minimum Gasteiger partial charge on any atom is -0.394 e. The van der Waals surface area contributed by atoms with Gasteiger partial charge in [0.25, 0.3) is 5.91 Å². The molecule has 1 aromatic heterocycles. The highest BCUT2D eigenvalue weighted by Crippen LogP contribution is 2.12. The highest BCUT2D eigenvalue weighted by atomic mass is 35.5. The van der Waals surface area contributed by atoms with Crippen LogP contribution in [0.2, 0.25) is 5.15 Å². The van der Waals surface area contributed by atoms with Crippen LogP contribution in [0.15, 0.2) is 18.3 Å². The minimum absolute atomic E-state index is 0.216. The molecule has 1 rings (SSSR count). The van der Waals surface area contributed by atoms with Crippen molar-refractivity contribution in [2.75, 3.05) is 13.2 Å². The first-order valence-electron chi connectivity index (χ1n) is 5.22. The molecule has 3 N–H and O–H groups in total. The summed E-state index contributed by atoms with van der Waals surface area (Å²) in [6.07, 6.45) is 1.84. The summed E-state index contributed by atoms with van der Waals surface area (Å²) in [5.74, 6) is -0.403. The third-order valence-corrected chi connectivity index (χ3v) is 2.86. The van der Waals surface area contributed by atoms with Crippen LogP contribution in [0.25, 0.3) is 0 Å². The van der Waals surface area contributed by atoms with Gasteiger partial charge >= 0.3 is 0 Å². The predicted molar refractivity (Wildman–Crippen MR) is 63.9 cm³/mol. The molecule has 0 aliphatic heterocycles. The van der Waals surface area contributed by atoms with E-state index in [9.17, 15) is 15.0 Å². The monoisotopic (exact) mass is 258 g/mol. The SMILES string of the molecule is CCC(CO)(CO)NC(=O)c1ccnc(Cl)c1. The quantitative estimate of drug-likeness (QED) is 0.676. The van der Waals surface area contributed by atoms with Gasteiger partial charge in [0.1, 0.15) is 5.15 Å². The van der Waals surface area contributed by atoms with E-state index in [0.717, 1.165) is 0 Å². The van der Waals surface area contributed by atoms with Crippen molar-refractivity contribution in [1.29, 1.82) is 0 Å². The fourth-order valence-electron chi connectivity index (χ4n) is 1.30. The number of carbonyl (C=O) groups is 1. The number of nitrogens with one attached hydrogen (secondary N) is 1. The molecule has 1 heterocycles. The molecule has 17 heavy (non-hydrogen) atoms. The van der Waals surface area contributed by atoms with Gasteiger partial charge in [-0.25, -0.2) is 4.98 Å². The smallest absolute Gasteiger partial charge is 0.252 e. The molecule has 0 aliphatic carbocycles. The number of hydrogen-bond donors (Lipinski definition) is 3. The predicted octanol–water partition coefficient (Wildman–Crippen LogP) is 0.598. The Bertz CT molecular complexity index is 386. The van der Waals surface area contributed by atoms with Crippen LogP contribution in [0.1, 0.15) is 23.7 Å². The van der Waals surface area contributed by atoms with E-state index in [1.54, 1.807) is 6.92 Å². The van der Waals surface area contributed by atoms with E-state index < -0.39 is 11.4 Å². The highest BCUT2D eigenvalue weighted by Gasteiger charge is 2.28. The van der Waals surface area contributed by atoms with E-state index in [0.29, 0.717) is 12.0 Å². The van der Waals surface area contributed by atoms with Crippen molar-refractivity contribution in [3.05, 3.63) is 29.0 Å². The fraction of sp³-hybridized carbons (Fsp3) is 0.455. The molecule has 6 heteroatoms. The van der Waals surface area contributed by atoms with Gasteiger partial charge in [0.05, 0.1) is 18.8 Å². The van der Waals surface area contributed by atoms with Crippen molar-refractivity contribution in [1.82, 2.24) is 10.3 Å². The van der Waals surface area contributed by atoms with Gasteiger partial charge in [0.15, 0.2) is 0 Å². The van der Waals surface area contributed by atoms with Crippen LogP contribution in [0.4, 0.5) is 0 Å². The van der Waals surface area contributed by atoms with E-state index in [-0.39, 0.29) is 18.4 Å². The Balaban J connectivity index is 2.84. The zero-order valence-electron chi connectivity index (χ0n) is 9.48. The van der Waals surface area contributed by atoms with Crippen molar-refractivity contribution in [3.8, 4) is 0 Å². The van der Waals surface area contributed by atoms with Crippen LogP contribution in [0.5, 0.6) is 0 Å². The average molecular weight is 259 g/mol. The molecule has 0 unspecified atom stereocenters. The molecule has 1 amide bonds. The largest absolute Gasteiger partial charge is 0.394 e. The number of carbonyl (C=O) groups excluding carboxylic acids is 1. The van der Waals surface area contributed by atoms with Crippen molar-refractivity contribution in [3.63, 3.8) is 0 Å². The first-order chi connectivity index (χ1) is 8.06. The van der Waals surface area contributed by atoms with Gasteiger partial charge in [-0.15, -0.1) is 0 Å². The molecule has 5 nitrogen and oxygen atoms in total. The topological polar surface area (TPSA) is 82.5 Å². The number of pyridine rings is 1. The molecular formula is C11H15ClN2O3. The number of aliphatic hydroxyl groups excluding tert-OH is 2. The van der Waals surface area contributed by atoms with Crippen molar-refractivity contribution >= 4 is 17.5 Å². The first-order valence-corrected chi connectivity index (χ1v) is 5.60. The Labute approximate surface area is 104 Å². The maximum absolute atomic E-state index is 11.9. The van der Waals surface area contributed by atoms with Gasteiger partial charge in [-0.05, 0) is 18.6 Å². The summed E-state index contributed by atoms with van der Waals surface area (Å²) in [7, 11) is 0. The number of aromatic nitrogens is 1. The molecule has 94 valence electrons. The van der Waals surface area contributed by atoms with Crippen LogP contribution in [-0.2, 0) is 0 Å². The van der Waals surface area contributed by atoms with Crippen molar-refractivity contribution in [2.45, 2.75) is 18.9 Å². The molecule has 1 aromatic rings. The Kier molecular flexibility index (Phi) is 4.86. The highest BCUT2D eigenvalue weighted by molar-refractivity contribution is 6.29. The Morgan fingerprint density at radius 1 is 1.53 bits per heavy atom. The molecule has 0 radical (unpaired) electrons. The molecule has 0 saturated heterocycles. The lowest BCUT2D eigenvalue weighted by Crippen LogP contribution is -2.53. The average Bonchev–Trinajstić information content (AvgIpc) is 2.36. The number of halogens is 1. The lowest BCUT2D eigenvalue weighted by Gasteiger charge is -2.29. The number of amides is 1. The molecule has 0 spiro atoms. The lowest BCUT2D eigenvalue weighted by molar-refractivity contribution is 0.0653. The molecule has 0 atom stereocenters. The molecule has 0 aromatic carbocycles. The number of rotatable bonds is 5. The van der Waals surface area contributed by atoms with E-state index in [1.807, 2.05) is 0 Å². The lowest BCUT2D eigenvalue weighted by atomic mass is 9.98. The molecule has 0 saturated carbocycles. The Hall–Kier alpha value is -1.17. The number of aliphatic hydroxyl groups is 2. The zero-order valence-corrected chi connectivity index (χ0v) is 10.2. The molecule has 0 fully saturated rings. The summed E-state index contributed by atoms with van der Waals surface area (Å²) in [4.78, 5) is 15.6. The van der Waals surface area contributed by atoms with E-state index in [1.165, 1.54) is 18.3 Å². The van der Waals surface area contributed by atoms with Gasteiger partial charge in [0.2, 0.25) is 0 Å². The van der Waals surface area contributed by atoms with Crippen LogP contribution in [0.3, 0.4) is 0 Å². The molecule has 0 aliphatic rings. The summed E-state index contributed by atoms with van der Waals surface area (Å²) < 4.78 is 0. The second-order valence-corrected chi connectivity index (χ2v) is 4.16. The van der Waals surface area contributed by atoms with Crippen molar-refractivity contribution in [2.24, 2.45) is 0 Å². The van der Waals surface area contributed by atoms with E-state index in [2.05, 4.69) is 10.3 Å². The summed E-state index contributed by atoms with van der Waals surface area (Å²) >= 11 is 5.67. The van der Waals surface area contributed by atoms with Crippen molar-refractivity contribution < 1.29 is 15.0 Å². The third-order valence-electron chi connectivity index (χ3n) is 2.65. The van der Waals surface area contributed by atoms with E-state index >= 15 is 0 Å². The summed E-state index contributed by atoms with van der Waals surface area (Å²) in [5.41, 5.74) is -0.669. The zero-order chi connectivity index (χ0) is 12.9.